The molecule has 0 bridgehead atoms. The largest absolute Gasteiger partial charge is 0.152 e. The first kappa shape index (κ1) is 26.4. The highest BCUT2D eigenvalue weighted by Crippen LogP contribution is 2.14. The molecule has 29 heavy (non-hydrogen) atoms. The molecule has 0 saturated heterocycles. The third kappa shape index (κ3) is 16.8. The normalized spacial score (nSPS) is 10.7. The molecule has 0 fully saturated rings. The summed E-state index contributed by atoms with van der Waals surface area (Å²) in [4.78, 5) is 0. The Morgan fingerprint density at radius 1 is 0.483 bits per heavy atom. The number of hydrogen-bond acceptors (Lipinski definition) is 2. The summed E-state index contributed by atoms with van der Waals surface area (Å²) in [6.45, 7) is 4.55. The lowest BCUT2D eigenvalue weighted by Gasteiger charge is -2.00. The van der Waals surface area contributed by atoms with Gasteiger partial charge in [0.1, 0.15) is 0 Å². The highest BCUT2D eigenvalue weighted by molar-refractivity contribution is 7.08. The van der Waals surface area contributed by atoms with Gasteiger partial charge < -0.3 is 0 Å². The zero-order valence-corrected chi connectivity index (χ0v) is 20.9. The summed E-state index contributed by atoms with van der Waals surface area (Å²) in [6.07, 6.45) is 23.8. The molecule has 0 nitrogen and oxygen atoms in total. The molecule has 2 heterocycles. The summed E-state index contributed by atoms with van der Waals surface area (Å²) in [7, 11) is 0. The van der Waals surface area contributed by atoms with Crippen LogP contribution < -0.4 is 0 Å². The van der Waals surface area contributed by atoms with E-state index in [-0.39, 0.29) is 0 Å². The van der Waals surface area contributed by atoms with E-state index in [0.29, 0.717) is 0 Å². The monoisotopic (exact) mass is 434 g/mol. The Bertz CT molecular complexity index is 513. The van der Waals surface area contributed by atoms with Gasteiger partial charge in [0.05, 0.1) is 0 Å². The minimum absolute atomic E-state index is 1.29. The lowest BCUT2D eigenvalue weighted by Crippen LogP contribution is -1.84. The smallest absolute Gasteiger partial charge is 0.00613 e. The molecule has 0 aromatic carbocycles. The molecule has 0 radical (unpaired) electrons. The van der Waals surface area contributed by atoms with E-state index >= 15 is 0 Å². The molecule has 2 aromatic rings. The molecule has 0 aliphatic rings. The predicted octanol–water partition coefficient (Wildman–Crippen LogP) is 10.5. The Morgan fingerprint density at radius 3 is 1.14 bits per heavy atom. The topological polar surface area (TPSA) is 0 Å². The van der Waals surface area contributed by atoms with Crippen molar-refractivity contribution in [3.05, 3.63) is 44.8 Å². The van der Waals surface area contributed by atoms with Crippen LogP contribution in [0.25, 0.3) is 0 Å². The quantitative estimate of drug-likeness (QED) is 0.217. The molecular weight excluding hydrogens is 388 g/mol. The van der Waals surface area contributed by atoms with Gasteiger partial charge in [-0.3, -0.25) is 0 Å². The van der Waals surface area contributed by atoms with Crippen LogP contribution in [0.4, 0.5) is 0 Å². The van der Waals surface area contributed by atoms with Gasteiger partial charge in [0, 0.05) is 0 Å². The summed E-state index contributed by atoms with van der Waals surface area (Å²) in [5.74, 6) is 0. The zero-order valence-electron chi connectivity index (χ0n) is 19.3. The van der Waals surface area contributed by atoms with Crippen LogP contribution in [0.15, 0.2) is 33.7 Å². The fourth-order valence-electron chi connectivity index (χ4n) is 3.62. The molecule has 0 aliphatic carbocycles. The van der Waals surface area contributed by atoms with E-state index in [4.69, 9.17) is 0 Å². The number of unbranched alkanes of at least 4 members (excludes halogenated alkanes) is 13. The molecule has 0 atom stereocenters. The molecule has 2 heteroatoms. The minimum Gasteiger partial charge on any atom is -0.152 e. The van der Waals surface area contributed by atoms with Gasteiger partial charge in [0.25, 0.3) is 0 Å². The van der Waals surface area contributed by atoms with Crippen molar-refractivity contribution in [2.24, 2.45) is 0 Å². The van der Waals surface area contributed by atoms with Crippen molar-refractivity contribution in [1.29, 1.82) is 0 Å². The first-order valence-electron chi connectivity index (χ1n) is 12.4. The summed E-state index contributed by atoms with van der Waals surface area (Å²) >= 11 is 3.63. The predicted molar refractivity (Wildman–Crippen MR) is 137 cm³/mol. The Kier molecular flexibility index (Phi) is 18.8. The molecular formula is C27H46S2. The van der Waals surface area contributed by atoms with Crippen molar-refractivity contribution in [3.63, 3.8) is 0 Å². The van der Waals surface area contributed by atoms with Crippen molar-refractivity contribution in [1.82, 2.24) is 0 Å². The van der Waals surface area contributed by atoms with Crippen LogP contribution in [0.5, 0.6) is 0 Å². The molecule has 0 aliphatic heterocycles. The Morgan fingerprint density at radius 2 is 0.828 bits per heavy atom. The Labute approximate surface area is 190 Å². The van der Waals surface area contributed by atoms with Crippen LogP contribution in [-0.2, 0) is 12.8 Å². The van der Waals surface area contributed by atoms with Gasteiger partial charge >= 0.3 is 0 Å². The van der Waals surface area contributed by atoms with Crippen LogP contribution >= 0.6 is 22.7 Å². The summed E-state index contributed by atoms with van der Waals surface area (Å²) in [6, 6.07) is 4.51. The van der Waals surface area contributed by atoms with Gasteiger partial charge in [-0.05, 0) is 70.5 Å². The fourth-order valence-corrected chi connectivity index (χ4v) is 5.03. The van der Waals surface area contributed by atoms with Crippen LogP contribution in [0.1, 0.15) is 121 Å². The van der Waals surface area contributed by atoms with Gasteiger partial charge in [-0.25, -0.2) is 0 Å². The van der Waals surface area contributed by atoms with Gasteiger partial charge in [0.2, 0.25) is 0 Å². The average Bonchev–Trinajstić information content (AvgIpc) is 3.44. The standard InChI is InChI=1S/C14H24S.C13H22S/c1-2-3-4-5-6-7-8-9-10-14-11-12-15-13-14;1-2-3-4-5-6-7-8-9-13-10-11-14-12-13/h11-13H,2-10H2,1H3;10-12H,2-9H2,1H3. The maximum absolute atomic E-state index is 2.28. The molecule has 0 amide bonds. The van der Waals surface area contributed by atoms with E-state index in [0.717, 1.165) is 0 Å². The zero-order chi connectivity index (χ0) is 20.8. The van der Waals surface area contributed by atoms with Crippen molar-refractivity contribution in [2.75, 3.05) is 0 Å². The molecule has 2 aromatic heterocycles. The third-order valence-electron chi connectivity index (χ3n) is 5.55. The maximum atomic E-state index is 2.28. The SMILES string of the molecule is CCCCCCCCCCc1ccsc1.CCCCCCCCCc1ccsc1. The highest BCUT2D eigenvalue weighted by atomic mass is 32.1. The van der Waals surface area contributed by atoms with Gasteiger partial charge in [-0.15, -0.1) is 0 Å². The second kappa shape index (κ2) is 20.7. The number of rotatable bonds is 17. The summed E-state index contributed by atoms with van der Waals surface area (Å²) in [5, 5.41) is 8.91. The highest BCUT2D eigenvalue weighted by Gasteiger charge is 1.95. The van der Waals surface area contributed by atoms with E-state index in [1.807, 2.05) is 22.7 Å². The Balaban J connectivity index is 0.000000291. The van der Waals surface area contributed by atoms with E-state index in [2.05, 4.69) is 47.5 Å². The Hall–Kier alpha value is -0.600. The summed E-state index contributed by atoms with van der Waals surface area (Å²) in [5.41, 5.74) is 3.06. The van der Waals surface area contributed by atoms with E-state index in [1.54, 1.807) is 0 Å². The maximum Gasteiger partial charge on any atom is -0.00613 e. The first-order valence-corrected chi connectivity index (χ1v) is 14.3. The van der Waals surface area contributed by atoms with Crippen molar-refractivity contribution < 1.29 is 0 Å². The van der Waals surface area contributed by atoms with E-state index in [1.165, 1.54) is 120 Å². The van der Waals surface area contributed by atoms with Gasteiger partial charge in [-0.1, -0.05) is 97.3 Å². The fraction of sp³-hybridized carbons (Fsp3) is 0.704. The second-order valence-electron chi connectivity index (χ2n) is 8.36. The molecule has 0 saturated carbocycles. The lowest BCUT2D eigenvalue weighted by atomic mass is 10.1. The number of thiophene rings is 2. The molecule has 0 N–H and O–H groups in total. The van der Waals surface area contributed by atoms with Crippen molar-refractivity contribution in [3.8, 4) is 0 Å². The number of aryl methyl sites for hydroxylation is 2. The second-order valence-corrected chi connectivity index (χ2v) is 9.92. The molecule has 166 valence electrons. The lowest BCUT2D eigenvalue weighted by molar-refractivity contribution is 0.575. The van der Waals surface area contributed by atoms with Gasteiger partial charge in [-0.2, -0.15) is 22.7 Å². The van der Waals surface area contributed by atoms with E-state index < -0.39 is 0 Å². The summed E-state index contributed by atoms with van der Waals surface area (Å²) < 4.78 is 0. The third-order valence-corrected chi connectivity index (χ3v) is 7.01. The average molecular weight is 435 g/mol. The minimum atomic E-state index is 1.29. The molecule has 0 spiro atoms. The van der Waals surface area contributed by atoms with Crippen LogP contribution in [0.2, 0.25) is 0 Å². The number of hydrogen-bond donors (Lipinski definition) is 0. The first-order chi connectivity index (χ1) is 14.4. The van der Waals surface area contributed by atoms with Crippen LogP contribution in [0.3, 0.4) is 0 Å². The molecule has 2 rings (SSSR count). The van der Waals surface area contributed by atoms with E-state index in [9.17, 15) is 0 Å². The van der Waals surface area contributed by atoms with Gasteiger partial charge in [0.15, 0.2) is 0 Å². The van der Waals surface area contributed by atoms with Crippen molar-refractivity contribution in [2.45, 2.75) is 123 Å². The molecule has 0 unspecified atom stereocenters. The van der Waals surface area contributed by atoms with Crippen LogP contribution in [0, 0.1) is 0 Å². The van der Waals surface area contributed by atoms with Crippen molar-refractivity contribution >= 4 is 22.7 Å². The van der Waals surface area contributed by atoms with Crippen LogP contribution in [-0.4, -0.2) is 0 Å².